The fraction of sp³-hybridized carbons (Fsp3) is 0.267. The third-order valence-corrected chi connectivity index (χ3v) is 3.44. The van der Waals surface area contributed by atoms with Crippen molar-refractivity contribution in [1.82, 2.24) is 15.1 Å². The minimum absolute atomic E-state index is 0.784. The van der Waals surface area contributed by atoms with Crippen LogP contribution in [0.5, 0.6) is 0 Å². The number of aromatic nitrogens is 2. The maximum absolute atomic E-state index is 5.64. The Morgan fingerprint density at radius 2 is 2.11 bits per heavy atom. The van der Waals surface area contributed by atoms with Crippen molar-refractivity contribution in [3.05, 3.63) is 41.9 Å². The average Bonchev–Trinajstić information content (AvgIpc) is 2.92. The zero-order chi connectivity index (χ0) is 13.4. The highest BCUT2D eigenvalue weighted by Crippen LogP contribution is 2.34. The second kappa shape index (κ2) is 4.55. The number of para-hydroxylation sites is 1. The van der Waals surface area contributed by atoms with Gasteiger partial charge in [-0.25, -0.2) is 0 Å². The van der Waals surface area contributed by atoms with Gasteiger partial charge >= 0.3 is 0 Å². The van der Waals surface area contributed by atoms with Crippen molar-refractivity contribution in [3.63, 3.8) is 0 Å². The number of nitrogens with zero attached hydrogens (tertiary/aromatic N) is 2. The van der Waals surface area contributed by atoms with E-state index in [1.165, 1.54) is 11.3 Å². The van der Waals surface area contributed by atoms with E-state index < -0.39 is 0 Å². The van der Waals surface area contributed by atoms with Gasteiger partial charge in [-0.05, 0) is 20.0 Å². The van der Waals surface area contributed by atoms with Crippen LogP contribution in [0.3, 0.4) is 0 Å². The molecule has 1 N–H and O–H groups in total. The fourth-order valence-electron chi connectivity index (χ4n) is 2.60. The first-order valence-electron chi connectivity index (χ1n) is 6.36. The maximum Gasteiger partial charge on any atom is 0.134 e. The molecule has 98 valence electrons. The number of hydrogen-bond donors (Lipinski definition) is 1. The van der Waals surface area contributed by atoms with Crippen LogP contribution in [0.25, 0.3) is 22.1 Å². The molecule has 0 saturated heterocycles. The number of nitrogens with one attached hydrogen (secondary N) is 1. The zero-order valence-electron chi connectivity index (χ0n) is 11.4. The van der Waals surface area contributed by atoms with Crippen molar-refractivity contribution in [2.45, 2.75) is 13.5 Å². The minimum atomic E-state index is 0.784. The summed E-state index contributed by atoms with van der Waals surface area (Å²) in [6.45, 7) is 2.82. The third-order valence-electron chi connectivity index (χ3n) is 3.44. The standard InChI is InChI=1S/C15H17N3O/c1-10-15(13(8-16-2)18(3)17-10)12-9-19-14-7-5-4-6-11(12)14/h4-7,9,16H,8H2,1-3H3. The van der Waals surface area contributed by atoms with Crippen LogP contribution in [0.1, 0.15) is 11.4 Å². The third kappa shape index (κ3) is 1.85. The molecule has 2 aromatic heterocycles. The maximum atomic E-state index is 5.64. The molecule has 4 heteroatoms. The van der Waals surface area contributed by atoms with Crippen LogP contribution in [-0.4, -0.2) is 16.8 Å². The predicted molar refractivity (Wildman–Crippen MR) is 75.9 cm³/mol. The summed E-state index contributed by atoms with van der Waals surface area (Å²) in [6.07, 6.45) is 1.83. The molecule has 19 heavy (non-hydrogen) atoms. The van der Waals surface area contributed by atoms with Crippen molar-refractivity contribution in [1.29, 1.82) is 0 Å². The van der Waals surface area contributed by atoms with Gasteiger partial charge in [0.25, 0.3) is 0 Å². The predicted octanol–water partition coefficient (Wildman–Crippen LogP) is 2.86. The van der Waals surface area contributed by atoms with Crippen LogP contribution in [0.15, 0.2) is 34.9 Å². The Morgan fingerprint density at radius 3 is 2.89 bits per heavy atom. The van der Waals surface area contributed by atoms with E-state index in [-0.39, 0.29) is 0 Å². The van der Waals surface area contributed by atoms with Crippen molar-refractivity contribution >= 4 is 11.0 Å². The van der Waals surface area contributed by atoms with E-state index in [0.717, 1.165) is 28.8 Å². The number of hydrogen-bond acceptors (Lipinski definition) is 3. The molecule has 0 aliphatic heterocycles. The summed E-state index contributed by atoms with van der Waals surface area (Å²) < 4.78 is 7.58. The number of benzene rings is 1. The first-order chi connectivity index (χ1) is 9.22. The Bertz CT molecular complexity index is 724. The van der Waals surface area contributed by atoms with E-state index >= 15 is 0 Å². The van der Waals surface area contributed by atoms with Crippen LogP contribution >= 0.6 is 0 Å². The Hall–Kier alpha value is -2.07. The summed E-state index contributed by atoms with van der Waals surface area (Å²) in [4.78, 5) is 0. The topological polar surface area (TPSA) is 43.0 Å². The molecule has 2 heterocycles. The molecular weight excluding hydrogens is 238 g/mol. The first kappa shape index (κ1) is 12.0. The second-order valence-corrected chi connectivity index (χ2v) is 4.71. The lowest BCUT2D eigenvalue weighted by Crippen LogP contribution is -2.10. The average molecular weight is 255 g/mol. The smallest absolute Gasteiger partial charge is 0.134 e. The molecular formula is C15H17N3O. The van der Waals surface area contributed by atoms with Gasteiger partial charge in [-0.15, -0.1) is 0 Å². The molecule has 0 bridgehead atoms. The van der Waals surface area contributed by atoms with Gasteiger partial charge in [0, 0.05) is 30.1 Å². The van der Waals surface area contributed by atoms with Gasteiger partial charge in [-0.3, -0.25) is 4.68 Å². The largest absolute Gasteiger partial charge is 0.464 e. The van der Waals surface area contributed by atoms with Gasteiger partial charge in [0.1, 0.15) is 5.58 Å². The van der Waals surface area contributed by atoms with Crippen LogP contribution in [-0.2, 0) is 13.6 Å². The Balaban J connectivity index is 2.26. The number of rotatable bonds is 3. The summed E-state index contributed by atoms with van der Waals surface area (Å²) in [7, 11) is 3.92. The van der Waals surface area contributed by atoms with Gasteiger partial charge in [-0.1, -0.05) is 18.2 Å². The van der Waals surface area contributed by atoms with E-state index in [2.05, 4.69) is 16.5 Å². The molecule has 0 unspecified atom stereocenters. The van der Waals surface area contributed by atoms with Crippen molar-refractivity contribution < 1.29 is 4.42 Å². The number of furan rings is 1. The fourth-order valence-corrected chi connectivity index (χ4v) is 2.60. The molecule has 0 atom stereocenters. The van der Waals surface area contributed by atoms with Crippen molar-refractivity contribution in [2.75, 3.05) is 7.05 Å². The van der Waals surface area contributed by atoms with E-state index in [1.54, 1.807) is 0 Å². The molecule has 0 amide bonds. The molecule has 0 radical (unpaired) electrons. The Morgan fingerprint density at radius 1 is 1.32 bits per heavy atom. The van der Waals surface area contributed by atoms with Gasteiger partial charge < -0.3 is 9.73 Å². The van der Waals surface area contributed by atoms with E-state index in [4.69, 9.17) is 4.42 Å². The molecule has 3 rings (SSSR count). The highest BCUT2D eigenvalue weighted by molar-refractivity contribution is 5.95. The summed E-state index contributed by atoms with van der Waals surface area (Å²) in [5.74, 6) is 0. The lowest BCUT2D eigenvalue weighted by Gasteiger charge is -2.04. The van der Waals surface area contributed by atoms with Gasteiger partial charge in [-0.2, -0.15) is 5.10 Å². The second-order valence-electron chi connectivity index (χ2n) is 4.71. The number of fused-ring (bicyclic) bond motifs is 1. The normalized spacial score (nSPS) is 11.3. The van der Waals surface area contributed by atoms with Crippen LogP contribution in [0.2, 0.25) is 0 Å². The van der Waals surface area contributed by atoms with Crippen LogP contribution in [0, 0.1) is 6.92 Å². The Labute approximate surface area is 112 Å². The molecule has 1 aromatic carbocycles. The molecule has 0 saturated carbocycles. The van der Waals surface area contributed by atoms with Crippen LogP contribution in [0.4, 0.5) is 0 Å². The van der Waals surface area contributed by atoms with Gasteiger partial charge in [0.2, 0.25) is 0 Å². The minimum Gasteiger partial charge on any atom is -0.464 e. The molecule has 3 aromatic rings. The lowest BCUT2D eigenvalue weighted by molar-refractivity contribution is 0.616. The van der Waals surface area contributed by atoms with E-state index in [1.807, 2.05) is 50.2 Å². The molecule has 0 spiro atoms. The first-order valence-corrected chi connectivity index (χ1v) is 6.36. The van der Waals surface area contributed by atoms with Gasteiger partial charge in [0.05, 0.1) is 17.7 Å². The SMILES string of the molecule is CNCc1c(-c2coc3ccccc23)c(C)nn1C. The number of aryl methyl sites for hydroxylation is 2. The Kier molecular flexibility index (Phi) is 2.87. The molecule has 0 aliphatic rings. The lowest BCUT2D eigenvalue weighted by atomic mass is 10.0. The van der Waals surface area contributed by atoms with E-state index in [9.17, 15) is 0 Å². The monoisotopic (exact) mass is 255 g/mol. The highest BCUT2D eigenvalue weighted by atomic mass is 16.3. The quantitative estimate of drug-likeness (QED) is 0.782. The summed E-state index contributed by atoms with van der Waals surface area (Å²) >= 11 is 0. The van der Waals surface area contributed by atoms with Crippen molar-refractivity contribution in [3.8, 4) is 11.1 Å². The highest BCUT2D eigenvalue weighted by Gasteiger charge is 2.18. The molecule has 0 fully saturated rings. The summed E-state index contributed by atoms with van der Waals surface area (Å²) in [6, 6.07) is 8.09. The molecule has 4 nitrogen and oxygen atoms in total. The van der Waals surface area contributed by atoms with Crippen molar-refractivity contribution in [2.24, 2.45) is 7.05 Å². The molecule has 0 aliphatic carbocycles. The zero-order valence-corrected chi connectivity index (χ0v) is 11.4. The summed E-state index contributed by atoms with van der Waals surface area (Å²) in [5, 5.41) is 8.86. The van der Waals surface area contributed by atoms with Crippen LogP contribution < -0.4 is 5.32 Å². The summed E-state index contributed by atoms with van der Waals surface area (Å²) in [5.41, 5.74) is 5.40. The van der Waals surface area contributed by atoms with Gasteiger partial charge in [0.15, 0.2) is 0 Å². The van der Waals surface area contributed by atoms with E-state index in [0.29, 0.717) is 0 Å².